The van der Waals surface area contributed by atoms with Gasteiger partial charge in [0.25, 0.3) is 0 Å². The van der Waals surface area contributed by atoms with E-state index in [0.29, 0.717) is 11.5 Å². The molecule has 2 aromatic rings. The van der Waals surface area contributed by atoms with Crippen LogP contribution in [0.4, 0.5) is 10.2 Å². The lowest BCUT2D eigenvalue weighted by Gasteiger charge is -2.01. The molecule has 78 valence electrons. The minimum atomic E-state index is -0.261. The summed E-state index contributed by atoms with van der Waals surface area (Å²) < 4.78 is 21.3. The van der Waals surface area contributed by atoms with E-state index >= 15 is 0 Å². The number of hydrogen-bond donors (Lipinski definition) is 1. The van der Waals surface area contributed by atoms with E-state index in [4.69, 9.17) is 0 Å². The van der Waals surface area contributed by atoms with Crippen molar-refractivity contribution in [2.75, 3.05) is 11.9 Å². The molecule has 3 nitrogen and oxygen atoms in total. The van der Waals surface area contributed by atoms with Gasteiger partial charge >= 0.3 is 0 Å². The Labute approximate surface area is 91.3 Å². The SMILES string of the molecule is CCNc1nsnc1-c1cccc(F)c1. The molecule has 1 aromatic carbocycles. The molecule has 0 amide bonds. The Morgan fingerprint density at radius 1 is 1.40 bits per heavy atom. The first kappa shape index (κ1) is 10.0. The second kappa shape index (κ2) is 4.35. The highest BCUT2D eigenvalue weighted by Crippen LogP contribution is 2.25. The van der Waals surface area contributed by atoms with E-state index in [0.717, 1.165) is 23.8 Å². The molecule has 1 N–H and O–H groups in total. The Morgan fingerprint density at radius 2 is 2.27 bits per heavy atom. The average molecular weight is 223 g/mol. The van der Waals surface area contributed by atoms with E-state index in [9.17, 15) is 4.39 Å². The standard InChI is InChI=1S/C10H10FN3S/c1-2-12-10-9(13-15-14-10)7-4-3-5-8(11)6-7/h3-6H,2H2,1H3,(H,12,14). The first-order chi connectivity index (χ1) is 7.31. The number of aromatic nitrogens is 2. The highest BCUT2D eigenvalue weighted by atomic mass is 32.1. The van der Waals surface area contributed by atoms with E-state index in [1.54, 1.807) is 6.07 Å². The molecule has 0 spiro atoms. The van der Waals surface area contributed by atoms with Crippen molar-refractivity contribution in [3.05, 3.63) is 30.1 Å². The Hall–Kier alpha value is -1.49. The number of nitrogens with zero attached hydrogens (tertiary/aromatic N) is 2. The first-order valence-electron chi connectivity index (χ1n) is 4.63. The van der Waals surface area contributed by atoms with Gasteiger partial charge in [0.1, 0.15) is 11.5 Å². The lowest BCUT2D eigenvalue weighted by molar-refractivity contribution is 0.628. The van der Waals surface area contributed by atoms with E-state index in [-0.39, 0.29) is 5.82 Å². The van der Waals surface area contributed by atoms with Gasteiger partial charge in [-0.2, -0.15) is 8.75 Å². The molecule has 0 saturated carbocycles. The van der Waals surface area contributed by atoms with Gasteiger partial charge in [-0.1, -0.05) is 12.1 Å². The van der Waals surface area contributed by atoms with Gasteiger partial charge in [0, 0.05) is 12.1 Å². The van der Waals surface area contributed by atoms with Crippen LogP contribution in [0.3, 0.4) is 0 Å². The van der Waals surface area contributed by atoms with Crippen LogP contribution in [0.15, 0.2) is 24.3 Å². The zero-order valence-electron chi connectivity index (χ0n) is 8.20. The lowest BCUT2D eigenvalue weighted by atomic mass is 10.1. The second-order valence-corrected chi connectivity index (χ2v) is 3.53. The Bertz CT molecular complexity index is 455. The van der Waals surface area contributed by atoms with E-state index in [2.05, 4.69) is 14.1 Å². The van der Waals surface area contributed by atoms with Crippen LogP contribution in [0.5, 0.6) is 0 Å². The molecular formula is C10H10FN3S. The number of nitrogens with one attached hydrogen (secondary N) is 1. The van der Waals surface area contributed by atoms with Gasteiger partial charge in [0.2, 0.25) is 0 Å². The van der Waals surface area contributed by atoms with Crippen molar-refractivity contribution >= 4 is 17.5 Å². The summed E-state index contributed by atoms with van der Waals surface area (Å²) in [6, 6.07) is 6.36. The van der Waals surface area contributed by atoms with E-state index in [1.165, 1.54) is 12.1 Å². The maximum atomic E-state index is 13.0. The van der Waals surface area contributed by atoms with Crippen LogP contribution in [0, 0.1) is 5.82 Å². The topological polar surface area (TPSA) is 37.8 Å². The number of benzene rings is 1. The molecule has 0 aliphatic carbocycles. The molecule has 0 unspecified atom stereocenters. The van der Waals surface area contributed by atoms with Crippen molar-refractivity contribution < 1.29 is 4.39 Å². The largest absolute Gasteiger partial charge is 0.368 e. The normalized spacial score (nSPS) is 10.3. The molecule has 0 saturated heterocycles. The molecule has 0 radical (unpaired) electrons. The van der Waals surface area contributed by atoms with E-state index < -0.39 is 0 Å². The van der Waals surface area contributed by atoms with Crippen molar-refractivity contribution in [2.24, 2.45) is 0 Å². The van der Waals surface area contributed by atoms with Gasteiger partial charge in [-0.3, -0.25) is 0 Å². The first-order valence-corrected chi connectivity index (χ1v) is 5.36. The number of anilines is 1. The van der Waals surface area contributed by atoms with Crippen molar-refractivity contribution in [1.82, 2.24) is 8.75 Å². The molecule has 0 bridgehead atoms. The van der Waals surface area contributed by atoms with Crippen LogP contribution < -0.4 is 5.32 Å². The van der Waals surface area contributed by atoms with Crippen molar-refractivity contribution in [1.29, 1.82) is 0 Å². The highest BCUT2D eigenvalue weighted by molar-refractivity contribution is 6.99. The van der Waals surface area contributed by atoms with Gasteiger partial charge in [-0.05, 0) is 19.1 Å². The molecule has 5 heteroatoms. The zero-order valence-corrected chi connectivity index (χ0v) is 9.01. The Balaban J connectivity index is 2.40. The third-order valence-corrected chi connectivity index (χ3v) is 2.46. The summed E-state index contributed by atoms with van der Waals surface area (Å²) in [6.45, 7) is 2.75. The molecule has 0 fully saturated rings. The maximum Gasteiger partial charge on any atom is 0.168 e. The summed E-state index contributed by atoms with van der Waals surface area (Å²) in [6.07, 6.45) is 0. The quantitative estimate of drug-likeness (QED) is 0.869. The van der Waals surface area contributed by atoms with Crippen molar-refractivity contribution in [2.45, 2.75) is 6.92 Å². The van der Waals surface area contributed by atoms with Crippen LogP contribution >= 0.6 is 11.7 Å². The molecule has 0 aliphatic rings. The summed E-state index contributed by atoms with van der Waals surface area (Å²) in [5.41, 5.74) is 1.46. The predicted octanol–water partition coefficient (Wildman–Crippen LogP) is 2.78. The average Bonchev–Trinajstić information content (AvgIpc) is 2.66. The minimum absolute atomic E-state index is 0.261. The maximum absolute atomic E-state index is 13.0. The fourth-order valence-electron chi connectivity index (χ4n) is 1.30. The van der Waals surface area contributed by atoms with Crippen molar-refractivity contribution in [3.8, 4) is 11.3 Å². The van der Waals surface area contributed by atoms with Crippen LogP contribution in [0.1, 0.15) is 6.92 Å². The summed E-state index contributed by atoms with van der Waals surface area (Å²) >= 11 is 1.12. The lowest BCUT2D eigenvalue weighted by Crippen LogP contribution is -1.98. The van der Waals surface area contributed by atoms with Crippen LogP contribution in [-0.4, -0.2) is 15.3 Å². The molecule has 1 aromatic heterocycles. The van der Waals surface area contributed by atoms with Crippen molar-refractivity contribution in [3.63, 3.8) is 0 Å². The van der Waals surface area contributed by atoms with E-state index in [1.807, 2.05) is 13.0 Å². The summed E-state index contributed by atoms with van der Waals surface area (Å²) in [7, 11) is 0. The van der Waals surface area contributed by atoms with Gasteiger partial charge in [-0.25, -0.2) is 4.39 Å². The van der Waals surface area contributed by atoms with Gasteiger partial charge in [-0.15, -0.1) is 0 Å². The number of rotatable bonds is 3. The highest BCUT2D eigenvalue weighted by Gasteiger charge is 2.09. The second-order valence-electron chi connectivity index (χ2n) is 3.00. The molecule has 15 heavy (non-hydrogen) atoms. The number of hydrogen-bond acceptors (Lipinski definition) is 4. The summed E-state index contributed by atoms with van der Waals surface area (Å²) in [5.74, 6) is 0.455. The third-order valence-electron chi connectivity index (χ3n) is 1.93. The predicted molar refractivity (Wildman–Crippen MR) is 59.5 cm³/mol. The van der Waals surface area contributed by atoms with Gasteiger partial charge in [0.05, 0.1) is 11.7 Å². The smallest absolute Gasteiger partial charge is 0.168 e. The minimum Gasteiger partial charge on any atom is -0.368 e. The van der Waals surface area contributed by atoms with Crippen LogP contribution in [0.25, 0.3) is 11.3 Å². The summed E-state index contributed by atoms with van der Waals surface area (Å²) in [4.78, 5) is 0. The molecule has 1 heterocycles. The van der Waals surface area contributed by atoms with Crippen LogP contribution in [-0.2, 0) is 0 Å². The molecule has 2 rings (SSSR count). The monoisotopic (exact) mass is 223 g/mol. The molecular weight excluding hydrogens is 213 g/mol. The fraction of sp³-hybridized carbons (Fsp3) is 0.200. The fourth-order valence-corrected chi connectivity index (χ4v) is 1.84. The molecule has 0 aliphatic heterocycles. The Morgan fingerprint density at radius 3 is 3.00 bits per heavy atom. The zero-order chi connectivity index (χ0) is 10.7. The van der Waals surface area contributed by atoms with Gasteiger partial charge < -0.3 is 5.32 Å². The van der Waals surface area contributed by atoms with Gasteiger partial charge in [0.15, 0.2) is 5.82 Å². The Kier molecular flexibility index (Phi) is 2.91. The molecule has 0 atom stereocenters. The third kappa shape index (κ3) is 2.12. The number of halogens is 1. The summed E-state index contributed by atoms with van der Waals surface area (Å²) in [5, 5.41) is 3.09. The van der Waals surface area contributed by atoms with Crippen LogP contribution in [0.2, 0.25) is 0 Å².